The molecule has 0 saturated heterocycles. The number of ether oxygens (including phenoxy) is 1. The second-order valence-electron chi connectivity index (χ2n) is 6.77. The Hall–Kier alpha value is -2.62. The van der Waals surface area contributed by atoms with Gasteiger partial charge in [0.1, 0.15) is 5.00 Å². The van der Waals surface area contributed by atoms with E-state index in [1.54, 1.807) is 57.2 Å². The zero-order chi connectivity index (χ0) is 22.4. The highest BCUT2D eigenvalue weighted by Crippen LogP contribution is 2.33. The number of esters is 1. The normalized spacial score (nSPS) is 10.7. The first-order chi connectivity index (χ1) is 14.1. The SMILES string of the molecule is CCOC(=O)c1c(N)sc(C(=O)N(C)C)c1CN(C)CC(=O)Nc1ccccc1Cl. The van der Waals surface area contributed by atoms with Crippen LogP contribution in [0.2, 0.25) is 5.02 Å². The molecule has 1 aromatic carbocycles. The maximum Gasteiger partial charge on any atom is 0.341 e. The number of nitrogens with zero attached hydrogens (tertiary/aromatic N) is 2. The summed E-state index contributed by atoms with van der Waals surface area (Å²) >= 11 is 7.11. The van der Waals surface area contributed by atoms with Crippen LogP contribution in [-0.4, -0.2) is 61.9 Å². The van der Waals surface area contributed by atoms with Crippen LogP contribution < -0.4 is 11.1 Å². The third kappa shape index (κ3) is 5.71. The van der Waals surface area contributed by atoms with Gasteiger partial charge in [0.05, 0.1) is 34.3 Å². The van der Waals surface area contributed by atoms with Crippen molar-refractivity contribution in [3.63, 3.8) is 0 Å². The van der Waals surface area contributed by atoms with Crippen LogP contribution >= 0.6 is 22.9 Å². The number of halogens is 1. The van der Waals surface area contributed by atoms with Crippen LogP contribution in [0, 0.1) is 0 Å². The van der Waals surface area contributed by atoms with Crippen LogP contribution in [0.25, 0.3) is 0 Å². The van der Waals surface area contributed by atoms with Crippen molar-refractivity contribution in [3.05, 3.63) is 45.3 Å². The van der Waals surface area contributed by atoms with Crippen molar-refractivity contribution in [1.82, 2.24) is 9.80 Å². The molecule has 0 aliphatic heterocycles. The van der Waals surface area contributed by atoms with E-state index in [9.17, 15) is 14.4 Å². The number of anilines is 2. The van der Waals surface area contributed by atoms with Gasteiger partial charge in [-0.15, -0.1) is 11.3 Å². The van der Waals surface area contributed by atoms with E-state index in [1.807, 2.05) is 0 Å². The summed E-state index contributed by atoms with van der Waals surface area (Å²) in [7, 11) is 4.94. The number of benzene rings is 1. The number of nitrogens with two attached hydrogens (primary N) is 1. The van der Waals surface area contributed by atoms with E-state index >= 15 is 0 Å². The number of carbonyl (C=O) groups is 3. The lowest BCUT2D eigenvalue weighted by Crippen LogP contribution is -2.31. The predicted octanol–water partition coefficient (Wildman–Crippen LogP) is 2.93. The molecule has 1 heterocycles. The number of likely N-dealkylation sites (N-methyl/N-ethyl adjacent to an activating group) is 1. The Labute approximate surface area is 184 Å². The van der Waals surface area contributed by atoms with Crippen molar-refractivity contribution < 1.29 is 19.1 Å². The van der Waals surface area contributed by atoms with Gasteiger partial charge in [0.15, 0.2) is 0 Å². The average molecular weight is 453 g/mol. The lowest BCUT2D eigenvalue weighted by molar-refractivity contribution is -0.117. The monoisotopic (exact) mass is 452 g/mol. The van der Waals surface area contributed by atoms with Crippen LogP contribution in [0.5, 0.6) is 0 Å². The van der Waals surface area contributed by atoms with Gasteiger partial charge in [0.2, 0.25) is 5.91 Å². The van der Waals surface area contributed by atoms with Gasteiger partial charge in [-0.1, -0.05) is 23.7 Å². The lowest BCUT2D eigenvalue weighted by Gasteiger charge is -2.19. The van der Waals surface area contributed by atoms with Gasteiger partial charge >= 0.3 is 5.97 Å². The van der Waals surface area contributed by atoms with Crippen molar-refractivity contribution in [3.8, 4) is 0 Å². The van der Waals surface area contributed by atoms with Crippen molar-refractivity contribution in [2.45, 2.75) is 13.5 Å². The number of nitrogens with one attached hydrogen (secondary N) is 1. The molecule has 2 amide bonds. The van der Waals surface area contributed by atoms with Gasteiger partial charge in [-0.05, 0) is 26.1 Å². The predicted molar refractivity (Wildman–Crippen MR) is 119 cm³/mol. The number of rotatable bonds is 8. The Morgan fingerprint density at radius 1 is 1.20 bits per heavy atom. The Bertz CT molecular complexity index is 945. The fourth-order valence-corrected chi connectivity index (χ4v) is 4.03. The molecule has 0 aliphatic rings. The largest absolute Gasteiger partial charge is 0.462 e. The molecule has 2 rings (SSSR count). The van der Waals surface area contributed by atoms with Crippen molar-refractivity contribution in [2.75, 3.05) is 45.3 Å². The zero-order valence-corrected chi connectivity index (χ0v) is 18.9. The highest BCUT2D eigenvalue weighted by Gasteiger charge is 2.28. The van der Waals surface area contributed by atoms with Crippen molar-refractivity contribution >= 4 is 51.4 Å². The van der Waals surface area contributed by atoms with E-state index < -0.39 is 5.97 Å². The Balaban J connectivity index is 2.24. The van der Waals surface area contributed by atoms with E-state index in [2.05, 4.69) is 5.32 Å². The molecule has 0 bridgehead atoms. The molecule has 0 fully saturated rings. The van der Waals surface area contributed by atoms with Crippen LogP contribution in [0.4, 0.5) is 10.7 Å². The minimum absolute atomic E-state index is 0.0127. The summed E-state index contributed by atoms with van der Waals surface area (Å²) in [5.41, 5.74) is 7.17. The molecule has 8 nitrogen and oxygen atoms in total. The highest BCUT2D eigenvalue weighted by molar-refractivity contribution is 7.18. The second-order valence-corrected chi connectivity index (χ2v) is 8.23. The lowest BCUT2D eigenvalue weighted by atomic mass is 10.1. The van der Waals surface area contributed by atoms with Gasteiger partial charge < -0.3 is 20.7 Å². The summed E-state index contributed by atoms with van der Waals surface area (Å²) < 4.78 is 5.11. The summed E-state index contributed by atoms with van der Waals surface area (Å²) in [5, 5.41) is 3.39. The van der Waals surface area contributed by atoms with Crippen LogP contribution in [0.15, 0.2) is 24.3 Å². The van der Waals surface area contributed by atoms with Gasteiger partial charge in [-0.25, -0.2) is 4.79 Å². The molecule has 1 aromatic heterocycles. The molecule has 10 heteroatoms. The fraction of sp³-hybridized carbons (Fsp3) is 0.350. The quantitative estimate of drug-likeness (QED) is 0.596. The first kappa shape index (κ1) is 23.7. The Morgan fingerprint density at radius 2 is 1.87 bits per heavy atom. The van der Waals surface area contributed by atoms with Crippen LogP contribution in [0.3, 0.4) is 0 Å². The first-order valence-electron chi connectivity index (χ1n) is 9.18. The van der Waals surface area contributed by atoms with Gasteiger partial charge in [0.25, 0.3) is 5.91 Å². The summed E-state index contributed by atoms with van der Waals surface area (Å²) in [6.45, 7) is 2.04. The third-order valence-corrected chi connectivity index (χ3v) is 5.48. The van der Waals surface area contributed by atoms with Gasteiger partial charge in [0, 0.05) is 26.2 Å². The van der Waals surface area contributed by atoms with E-state index in [0.29, 0.717) is 21.2 Å². The second kappa shape index (κ2) is 10.4. The molecule has 0 aliphatic carbocycles. The minimum Gasteiger partial charge on any atom is -0.462 e. The molecule has 0 unspecified atom stereocenters. The molecule has 0 radical (unpaired) electrons. The van der Waals surface area contributed by atoms with Gasteiger partial charge in [-0.2, -0.15) is 0 Å². The summed E-state index contributed by atoms with van der Waals surface area (Å²) in [4.78, 5) is 40.9. The maximum atomic E-state index is 12.6. The Morgan fingerprint density at radius 3 is 2.47 bits per heavy atom. The summed E-state index contributed by atoms with van der Waals surface area (Å²) in [6, 6.07) is 6.92. The third-order valence-electron chi connectivity index (χ3n) is 4.10. The number of nitrogen functional groups attached to an aromatic ring is 1. The van der Waals surface area contributed by atoms with Crippen LogP contribution in [-0.2, 0) is 16.1 Å². The minimum atomic E-state index is -0.590. The molecule has 2 aromatic rings. The van der Waals surface area contributed by atoms with E-state index in [1.165, 1.54) is 4.90 Å². The average Bonchev–Trinajstić information content (AvgIpc) is 2.98. The topological polar surface area (TPSA) is 105 Å². The molecule has 3 N–H and O–H groups in total. The maximum absolute atomic E-state index is 12.6. The zero-order valence-electron chi connectivity index (χ0n) is 17.3. The number of para-hydroxylation sites is 1. The number of hydrogen-bond acceptors (Lipinski definition) is 7. The number of hydrogen-bond donors (Lipinski definition) is 2. The van der Waals surface area contributed by atoms with Crippen molar-refractivity contribution in [1.29, 1.82) is 0 Å². The molecule has 30 heavy (non-hydrogen) atoms. The van der Waals surface area contributed by atoms with E-state index in [0.717, 1.165) is 11.3 Å². The summed E-state index contributed by atoms with van der Waals surface area (Å²) in [6.07, 6.45) is 0. The standard InChI is InChI=1S/C20H25ClN4O4S/c1-5-29-20(28)16-12(17(30-18(16)22)19(27)24(2)3)10-25(4)11-15(26)23-14-9-7-6-8-13(14)21/h6-9H,5,10-11,22H2,1-4H3,(H,23,26). The molecule has 0 spiro atoms. The Kier molecular flexibility index (Phi) is 8.22. The number of amides is 2. The molecule has 0 atom stereocenters. The van der Waals surface area contributed by atoms with E-state index in [4.69, 9.17) is 22.1 Å². The van der Waals surface area contributed by atoms with Gasteiger partial charge in [-0.3, -0.25) is 14.5 Å². The number of carbonyl (C=O) groups excluding carboxylic acids is 3. The van der Waals surface area contributed by atoms with E-state index in [-0.39, 0.29) is 42.1 Å². The highest BCUT2D eigenvalue weighted by atomic mass is 35.5. The molecule has 0 saturated carbocycles. The van der Waals surface area contributed by atoms with Crippen molar-refractivity contribution in [2.24, 2.45) is 0 Å². The first-order valence-corrected chi connectivity index (χ1v) is 10.4. The molecule has 162 valence electrons. The smallest absolute Gasteiger partial charge is 0.341 e. The fourth-order valence-electron chi connectivity index (χ4n) is 2.76. The number of thiophene rings is 1. The molecular formula is C20H25ClN4O4S. The van der Waals surface area contributed by atoms with Crippen LogP contribution in [0.1, 0.15) is 32.5 Å². The molecular weight excluding hydrogens is 428 g/mol. The summed E-state index contributed by atoms with van der Waals surface area (Å²) in [5.74, 6) is -1.15.